The van der Waals surface area contributed by atoms with Gasteiger partial charge in [0, 0.05) is 45.1 Å². The molecule has 10 nitrogen and oxygen atoms in total. The Kier molecular flexibility index (Phi) is 6.70. The normalized spacial score (nSPS) is 14.5. The van der Waals surface area contributed by atoms with Crippen molar-refractivity contribution < 1.29 is 22.5 Å². The van der Waals surface area contributed by atoms with E-state index < -0.39 is 16.0 Å². The predicted octanol–water partition coefficient (Wildman–Crippen LogP) is 2.73. The van der Waals surface area contributed by atoms with E-state index in [9.17, 15) is 13.2 Å². The molecule has 1 aliphatic heterocycles. The van der Waals surface area contributed by atoms with Gasteiger partial charge in [0.25, 0.3) is 5.89 Å². The van der Waals surface area contributed by atoms with Crippen molar-refractivity contribution >= 4 is 21.7 Å². The fourth-order valence-electron chi connectivity index (χ4n) is 3.59. The van der Waals surface area contributed by atoms with Gasteiger partial charge in [0.15, 0.2) is 6.61 Å². The molecule has 0 bridgehead atoms. The number of carbonyl (C=O) groups is 1. The summed E-state index contributed by atoms with van der Waals surface area (Å²) in [4.78, 5) is 23.4. The van der Waals surface area contributed by atoms with Gasteiger partial charge in [0.2, 0.25) is 15.8 Å². The van der Waals surface area contributed by atoms with E-state index in [4.69, 9.17) is 9.26 Å². The lowest BCUT2D eigenvalue weighted by Gasteiger charge is -2.30. The highest BCUT2D eigenvalue weighted by atomic mass is 32.2. The molecule has 11 heteroatoms. The molecule has 2 aromatic heterocycles. The Morgan fingerprint density at radius 1 is 1.18 bits per heavy atom. The van der Waals surface area contributed by atoms with Crippen LogP contribution in [0.5, 0.6) is 0 Å². The number of hydrogen-bond donors (Lipinski definition) is 0. The van der Waals surface area contributed by atoms with Crippen LogP contribution in [0.4, 0.5) is 5.69 Å². The Hall–Kier alpha value is -3.31. The van der Waals surface area contributed by atoms with Gasteiger partial charge in [-0.25, -0.2) is 17.5 Å². The number of nitrogens with zero attached hydrogens (tertiary/aromatic N) is 5. The van der Waals surface area contributed by atoms with E-state index in [-0.39, 0.29) is 23.0 Å². The average Bonchev–Trinajstić information content (AvgIpc) is 3.32. The van der Waals surface area contributed by atoms with Crippen LogP contribution < -0.4 is 4.90 Å². The minimum Gasteiger partial charge on any atom is -0.452 e. The summed E-state index contributed by atoms with van der Waals surface area (Å²) >= 11 is 0. The van der Waals surface area contributed by atoms with Crippen molar-refractivity contribution in [3.8, 4) is 11.4 Å². The van der Waals surface area contributed by atoms with Crippen molar-refractivity contribution in [3.05, 3.63) is 54.2 Å². The number of aromatic nitrogens is 3. The molecule has 174 valence electrons. The van der Waals surface area contributed by atoms with Crippen molar-refractivity contribution in [1.29, 1.82) is 0 Å². The van der Waals surface area contributed by atoms with Gasteiger partial charge >= 0.3 is 5.97 Å². The summed E-state index contributed by atoms with van der Waals surface area (Å²) in [6, 6.07) is 8.10. The Labute approximate surface area is 192 Å². The van der Waals surface area contributed by atoms with Crippen molar-refractivity contribution in [1.82, 2.24) is 19.4 Å². The summed E-state index contributed by atoms with van der Waals surface area (Å²) in [7, 11) is -0.823. The van der Waals surface area contributed by atoms with Crippen molar-refractivity contribution in [2.24, 2.45) is 0 Å². The molecule has 0 spiro atoms. The molecule has 0 saturated carbocycles. The molecule has 3 heterocycles. The molecule has 1 saturated heterocycles. The number of ether oxygens (including phenoxy) is 1. The highest BCUT2D eigenvalue weighted by Gasteiger charge is 2.25. The van der Waals surface area contributed by atoms with Crippen LogP contribution in [0.1, 0.15) is 35.5 Å². The number of anilines is 1. The van der Waals surface area contributed by atoms with E-state index >= 15 is 0 Å². The molecule has 1 aliphatic rings. The van der Waals surface area contributed by atoms with E-state index in [2.05, 4.69) is 20.0 Å². The molecule has 0 radical (unpaired) electrons. The average molecular weight is 472 g/mol. The Morgan fingerprint density at radius 2 is 1.97 bits per heavy atom. The second-order valence-corrected chi connectivity index (χ2v) is 10.00. The minimum atomic E-state index is -3.71. The second-order valence-electron chi connectivity index (χ2n) is 7.84. The highest BCUT2D eigenvalue weighted by Crippen LogP contribution is 2.28. The maximum Gasteiger partial charge on any atom is 0.340 e. The van der Waals surface area contributed by atoms with Gasteiger partial charge in [-0.05, 0) is 49.6 Å². The monoisotopic (exact) mass is 471 g/mol. The van der Waals surface area contributed by atoms with Crippen LogP contribution in [0.2, 0.25) is 0 Å². The van der Waals surface area contributed by atoms with Crippen LogP contribution >= 0.6 is 0 Å². The van der Waals surface area contributed by atoms with Gasteiger partial charge in [0.05, 0.1) is 16.1 Å². The lowest BCUT2D eigenvalue weighted by atomic mass is 10.1. The first-order valence-corrected chi connectivity index (χ1v) is 12.0. The molecule has 0 unspecified atom stereocenters. The van der Waals surface area contributed by atoms with Crippen LogP contribution in [-0.4, -0.2) is 61.0 Å². The first kappa shape index (κ1) is 22.9. The number of esters is 1. The summed E-state index contributed by atoms with van der Waals surface area (Å²) < 4.78 is 37.0. The maximum absolute atomic E-state index is 13.1. The highest BCUT2D eigenvalue weighted by molar-refractivity contribution is 7.89. The van der Waals surface area contributed by atoms with E-state index in [1.54, 1.807) is 30.6 Å². The molecule has 3 aromatic rings. The summed E-state index contributed by atoms with van der Waals surface area (Å²) in [5, 5.41) is 3.88. The van der Waals surface area contributed by atoms with Crippen LogP contribution in [0, 0.1) is 0 Å². The fourth-order valence-corrected chi connectivity index (χ4v) is 4.52. The van der Waals surface area contributed by atoms with E-state index in [1.165, 1.54) is 26.2 Å². The van der Waals surface area contributed by atoms with Gasteiger partial charge in [-0.15, -0.1) is 0 Å². The number of benzene rings is 1. The Morgan fingerprint density at radius 3 is 2.67 bits per heavy atom. The zero-order valence-corrected chi connectivity index (χ0v) is 19.3. The quantitative estimate of drug-likeness (QED) is 0.479. The van der Waals surface area contributed by atoms with E-state index in [0.717, 1.165) is 36.7 Å². The summed E-state index contributed by atoms with van der Waals surface area (Å²) in [5.74, 6) is -0.200. The van der Waals surface area contributed by atoms with Crippen molar-refractivity contribution in [2.45, 2.75) is 30.8 Å². The van der Waals surface area contributed by atoms with Crippen LogP contribution in [0.3, 0.4) is 0 Å². The van der Waals surface area contributed by atoms with Crippen LogP contribution in [0.15, 0.2) is 52.1 Å². The zero-order valence-electron chi connectivity index (χ0n) is 18.5. The van der Waals surface area contributed by atoms with Gasteiger partial charge in [-0.2, -0.15) is 4.98 Å². The largest absolute Gasteiger partial charge is 0.452 e. The third-order valence-corrected chi connectivity index (χ3v) is 7.19. The molecule has 0 N–H and O–H groups in total. The summed E-state index contributed by atoms with van der Waals surface area (Å²) in [5.41, 5.74) is 1.51. The molecular weight excluding hydrogens is 446 g/mol. The number of pyridine rings is 1. The minimum absolute atomic E-state index is 0.0249. The molecule has 0 amide bonds. The molecule has 4 rings (SSSR count). The molecule has 33 heavy (non-hydrogen) atoms. The summed E-state index contributed by atoms with van der Waals surface area (Å²) in [6.07, 6.45) is 6.37. The van der Waals surface area contributed by atoms with Gasteiger partial charge < -0.3 is 14.2 Å². The van der Waals surface area contributed by atoms with Crippen molar-refractivity contribution in [2.75, 3.05) is 32.1 Å². The van der Waals surface area contributed by atoms with Gasteiger partial charge in [-0.3, -0.25) is 4.98 Å². The van der Waals surface area contributed by atoms with Crippen molar-refractivity contribution in [3.63, 3.8) is 0 Å². The number of hydrogen-bond acceptors (Lipinski definition) is 9. The number of piperidine rings is 1. The second kappa shape index (κ2) is 9.67. The number of carbonyl (C=O) groups excluding carboxylic acids is 1. The first-order chi connectivity index (χ1) is 15.9. The predicted molar refractivity (Wildman–Crippen MR) is 120 cm³/mol. The zero-order chi connectivity index (χ0) is 23.4. The van der Waals surface area contributed by atoms with E-state index in [1.807, 2.05) is 0 Å². The molecule has 0 aliphatic carbocycles. The number of rotatable bonds is 7. The molecule has 1 fully saturated rings. The third-order valence-electron chi connectivity index (χ3n) is 5.38. The SMILES string of the molecule is CN(C)S(=O)(=O)c1ccc(N2CCCCC2)c(C(=O)OCc2nc(-c3cccnc3)no2)c1. The molecule has 0 atom stereocenters. The topological polar surface area (TPSA) is 119 Å². The lowest BCUT2D eigenvalue weighted by Crippen LogP contribution is -2.31. The Balaban J connectivity index is 1.57. The smallest absolute Gasteiger partial charge is 0.340 e. The maximum atomic E-state index is 13.1. The van der Waals surface area contributed by atoms with E-state index in [0.29, 0.717) is 17.1 Å². The Bertz CT molecular complexity index is 1220. The number of sulfonamides is 1. The van der Waals surface area contributed by atoms with Gasteiger partial charge in [-0.1, -0.05) is 5.16 Å². The van der Waals surface area contributed by atoms with Crippen LogP contribution in [0.25, 0.3) is 11.4 Å². The first-order valence-electron chi connectivity index (χ1n) is 10.6. The van der Waals surface area contributed by atoms with Gasteiger partial charge in [0.1, 0.15) is 0 Å². The lowest BCUT2D eigenvalue weighted by molar-refractivity contribution is 0.0430. The third kappa shape index (κ3) is 5.04. The molecular formula is C22H25N5O5S. The molecule has 1 aromatic carbocycles. The standard InChI is InChI=1S/C22H25N5O5S/c1-26(2)33(29,30)17-8-9-19(27-11-4-3-5-12-27)18(13-17)22(28)31-15-20-24-21(25-32-20)16-7-6-10-23-14-16/h6-10,13-14H,3-5,11-12,15H2,1-2H3. The fraction of sp³-hybridized carbons (Fsp3) is 0.364. The van der Waals surface area contributed by atoms with Crippen LogP contribution in [-0.2, 0) is 21.4 Å². The summed E-state index contributed by atoms with van der Waals surface area (Å²) in [6.45, 7) is 1.34.